The molecule has 5 nitrogen and oxygen atoms in total. The molecule has 4 aromatic rings. The van der Waals surface area contributed by atoms with Crippen LogP contribution in [-0.4, -0.2) is 23.7 Å². The van der Waals surface area contributed by atoms with Crippen molar-refractivity contribution in [2.75, 3.05) is 7.05 Å². The fourth-order valence-corrected chi connectivity index (χ4v) is 5.73. The number of Topliss-reactive ketones (excluding diaryl/α,β-unsaturated/α-hetero) is 1. The van der Waals surface area contributed by atoms with Crippen LogP contribution in [0.3, 0.4) is 0 Å². The van der Waals surface area contributed by atoms with E-state index in [9.17, 15) is 14.0 Å². The van der Waals surface area contributed by atoms with Crippen molar-refractivity contribution in [2.45, 2.75) is 32.6 Å². The van der Waals surface area contributed by atoms with Gasteiger partial charge in [0.25, 0.3) is 5.91 Å². The van der Waals surface area contributed by atoms with Crippen LogP contribution < -0.4 is 5.32 Å². The van der Waals surface area contributed by atoms with Crippen molar-refractivity contribution in [3.8, 4) is 22.5 Å². The summed E-state index contributed by atoms with van der Waals surface area (Å²) in [4.78, 5) is 30.5. The Morgan fingerprint density at radius 3 is 2.49 bits per heavy atom. The van der Waals surface area contributed by atoms with E-state index in [-0.39, 0.29) is 22.9 Å². The van der Waals surface area contributed by atoms with Crippen LogP contribution in [0.1, 0.15) is 52.1 Å². The van der Waals surface area contributed by atoms with Crippen molar-refractivity contribution in [2.24, 2.45) is 11.3 Å². The van der Waals surface area contributed by atoms with Crippen molar-refractivity contribution >= 4 is 22.8 Å². The van der Waals surface area contributed by atoms with E-state index in [2.05, 4.69) is 10.3 Å². The first-order valence-corrected chi connectivity index (χ1v) is 11.9. The predicted octanol–water partition coefficient (Wildman–Crippen LogP) is 6.34. The minimum Gasteiger partial charge on any atom is -0.437 e. The number of pyridine rings is 1. The Hall–Kier alpha value is -3.80. The smallest absolute Gasteiger partial charge is 0.255 e. The molecule has 7 rings (SSSR count). The summed E-state index contributed by atoms with van der Waals surface area (Å²) in [7, 11) is 1.55. The van der Waals surface area contributed by atoms with Crippen molar-refractivity contribution in [3.05, 3.63) is 77.2 Å². The summed E-state index contributed by atoms with van der Waals surface area (Å²) in [5.74, 6) is 0.683. The Bertz CT molecular complexity index is 1490. The molecule has 3 saturated carbocycles. The summed E-state index contributed by atoms with van der Waals surface area (Å²) in [6, 6.07) is 15.3. The summed E-state index contributed by atoms with van der Waals surface area (Å²) in [5, 5.41) is 3.23. The van der Waals surface area contributed by atoms with Crippen LogP contribution in [0.4, 0.5) is 4.39 Å². The number of nitrogens with one attached hydrogen (secondary N) is 1. The van der Waals surface area contributed by atoms with Crippen molar-refractivity contribution in [3.63, 3.8) is 0 Å². The van der Waals surface area contributed by atoms with E-state index >= 15 is 0 Å². The number of aryl methyl sites for hydroxylation is 1. The molecule has 0 saturated heterocycles. The van der Waals surface area contributed by atoms with E-state index in [1.165, 1.54) is 31.4 Å². The van der Waals surface area contributed by atoms with E-state index in [4.69, 9.17) is 4.42 Å². The van der Waals surface area contributed by atoms with Gasteiger partial charge < -0.3 is 9.73 Å². The minimum absolute atomic E-state index is 0.185. The van der Waals surface area contributed by atoms with E-state index in [0.29, 0.717) is 40.0 Å². The first-order chi connectivity index (χ1) is 16.9. The number of ketones is 1. The molecular weight excluding hydrogens is 443 g/mol. The van der Waals surface area contributed by atoms with Gasteiger partial charge >= 0.3 is 0 Å². The second-order valence-corrected chi connectivity index (χ2v) is 10.0. The highest BCUT2D eigenvalue weighted by Crippen LogP contribution is 2.66. The Labute approximate surface area is 202 Å². The van der Waals surface area contributed by atoms with E-state index < -0.39 is 0 Å². The summed E-state index contributed by atoms with van der Waals surface area (Å²) >= 11 is 0. The van der Waals surface area contributed by atoms with Crippen molar-refractivity contribution < 1.29 is 18.4 Å². The van der Waals surface area contributed by atoms with Gasteiger partial charge in [-0.3, -0.25) is 9.59 Å². The molecule has 0 radical (unpaired) electrons. The molecule has 6 heteroatoms. The lowest BCUT2D eigenvalue weighted by Gasteiger charge is -2.62. The van der Waals surface area contributed by atoms with Gasteiger partial charge in [0.2, 0.25) is 5.71 Å². The summed E-state index contributed by atoms with van der Waals surface area (Å²) in [6.45, 7) is 1.88. The van der Waals surface area contributed by atoms with Crippen LogP contribution >= 0.6 is 0 Å². The number of amides is 1. The Morgan fingerprint density at radius 1 is 1.09 bits per heavy atom. The van der Waals surface area contributed by atoms with Gasteiger partial charge in [-0.1, -0.05) is 18.2 Å². The minimum atomic E-state index is -0.369. The number of carbonyl (C=O) groups is 2. The van der Waals surface area contributed by atoms with Gasteiger partial charge in [0.15, 0.2) is 5.78 Å². The molecule has 0 atom stereocenters. The third-order valence-corrected chi connectivity index (χ3v) is 7.63. The maximum absolute atomic E-state index is 13.5. The zero-order valence-corrected chi connectivity index (χ0v) is 19.7. The van der Waals surface area contributed by atoms with E-state index in [1.54, 1.807) is 19.2 Å². The monoisotopic (exact) mass is 468 g/mol. The van der Waals surface area contributed by atoms with Crippen LogP contribution in [0.5, 0.6) is 0 Å². The van der Waals surface area contributed by atoms with Crippen LogP contribution in [0, 0.1) is 24.1 Å². The van der Waals surface area contributed by atoms with Gasteiger partial charge in [-0.15, -0.1) is 0 Å². The number of nitrogens with zero attached hydrogens (tertiary/aromatic N) is 1. The van der Waals surface area contributed by atoms with Gasteiger partial charge in [0, 0.05) is 35.9 Å². The summed E-state index contributed by atoms with van der Waals surface area (Å²) in [5.41, 5.74) is 4.65. The average Bonchev–Trinajstić information content (AvgIpc) is 3.18. The number of fused-ring (bicyclic) bond motifs is 1. The molecule has 1 N–H and O–H groups in total. The van der Waals surface area contributed by atoms with Crippen LogP contribution in [0.2, 0.25) is 0 Å². The molecule has 2 heterocycles. The number of hydrogen-bond donors (Lipinski definition) is 1. The number of hydrogen-bond acceptors (Lipinski definition) is 4. The third kappa shape index (κ3) is 3.55. The molecule has 3 aliphatic rings. The highest BCUT2D eigenvalue weighted by molar-refractivity contribution is 6.11. The average molecular weight is 469 g/mol. The van der Waals surface area contributed by atoms with E-state index in [1.807, 2.05) is 37.3 Å². The maximum atomic E-state index is 13.5. The van der Waals surface area contributed by atoms with Gasteiger partial charge in [-0.2, -0.15) is 0 Å². The third-order valence-electron chi connectivity index (χ3n) is 7.63. The molecule has 35 heavy (non-hydrogen) atoms. The lowest BCUT2D eigenvalue weighted by molar-refractivity contribution is -0.103. The molecule has 2 aromatic carbocycles. The number of benzene rings is 2. The van der Waals surface area contributed by atoms with Gasteiger partial charge in [0.05, 0.1) is 10.9 Å². The fraction of sp³-hybridized carbons (Fsp3) is 0.276. The lowest BCUT2D eigenvalue weighted by Crippen LogP contribution is -2.52. The molecule has 2 bridgehead atoms. The van der Waals surface area contributed by atoms with Crippen LogP contribution in [-0.2, 0) is 0 Å². The largest absolute Gasteiger partial charge is 0.437 e. The summed E-state index contributed by atoms with van der Waals surface area (Å²) in [6.07, 6.45) is 4.19. The molecule has 0 aliphatic heterocycles. The van der Waals surface area contributed by atoms with Crippen molar-refractivity contribution in [1.82, 2.24) is 10.3 Å². The standard InChI is InChI=1S/C29H25FN2O3/c1-16-22(19-4-3-5-20(10-19)24(33)15-29-12-17(13-29)14-29)11-23-25(27(34)31-2)26(35-28(23)32-16)18-6-8-21(30)9-7-18/h3-11,17H,12-15H2,1-2H3,(H,31,34). The molecule has 0 spiro atoms. The number of rotatable bonds is 6. The predicted molar refractivity (Wildman–Crippen MR) is 132 cm³/mol. The Balaban J connectivity index is 1.43. The van der Waals surface area contributed by atoms with Gasteiger partial charge in [-0.25, -0.2) is 9.37 Å². The molecule has 3 fully saturated rings. The Kier molecular flexibility index (Phi) is 4.88. The molecule has 0 unspecified atom stereocenters. The maximum Gasteiger partial charge on any atom is 0.255 e. The van der Waals surface area contributed by atoms with Crippen LogP contribution in [0.15, 0.2) is 59.0 Å². The SMILES string of the molecule is CNC(=O)c1c(-c2ccc(F)cc2)oc2nc(C)c(-c3cccc(C(=O)CC45CC(C4)C5)c3)cc12. The fourth-order valence-electron chi connectivity index (χ4n) is 5.73. The normalized spacial score (nSPS) is 20.3. The molecule has 2 aromatic heterocycles. The number of furan rings is 1. The first-order valence-electron chi connectivity index (χ1n) is 11.9. The highest BCUT2D eigenvalue weighted by Gasteiger charge is 2.56. The molecular formula is C29H25FN2O3. The van der Waals surface area contributed by atoms with Crippen molar-refractivity contribution in [1.29, 1.82) is 0 Å². The molecule has 3 aliphatic carbocycles. The first kappa shape index (κ1) is 21.7. The Morgan fingerprint density at radius 2 is 1.83 bits per heavy atom. The zero-order chi connectivity index (χ0) is 24.3. The van der Waals surface area contributed by atoms with Gasteiger partial charge in [-0.05, 0) is 79.5 Å². The lowest BCUT2D eigenvalue weighted by atomic mass is 9.43. The van der Waals surface area contributed by atoms with Gasteiger partial charge in [0.1, 0.15) is 11.6 Å². The highest BCUT2D eigenvalue weighted by atomic mass is 19.1. The molecule has 1 amide bonds. The number of aromatic nitrogens is 1. The topological polar surface area (TPSA) is 72.2 Å². The van der Waals surface area contributed by atoms with E-state index in [0.717, 1.165) is 22.7 Å². The second kappa shape index (κ2) is 7.87. The summed E-state index contributed by atoms with van der Waals surface area (Å²) < 4.78 is 19.5. The second-order valence-electron chi connectivity index (χ2n) is 10.0. The number of halogens is 1. The molecule has 176 valence electrons. The number of carbonyl (C=O) groups excluding carboxylic acids is 2. The zero-order valence-electron chi connectivity index (χ0n) is 19.7. The quantitative estimate of drug-likeness (QED) is 0.335. The van der Waals surface area contributed by atoms with Crippen LogP contribution in [0.25, 0.3) is 33.6 Å².